The van der Waals surface area contributed by atoms with Gasteiger partial charge in [-0.2, -0.15) is 0 Å². The average Bonchev–Trinajstić information content (AvgIpc) is 2.90. The highest BCUT2D eigenvalue weighted by molar-refractivity contribution is 7.92. The van der Waals surface area contributed by atoms with Crippen molar-refractivity contribution in [1.29, 1.82) is 0 Å². The zero-order chi connectivity index (χ0) is 28.6. The lowest BCUT2D eigenvalue weighted by Crippen LogP contribution is -2.53. The van der Waals surface area contributed by atoms with E-state index in [1.54, 1.807) is 6.07 Å². The molecule has 0 saturated carbocycles. The number of anilines is 1. The van der Waals surface area contributed by atoms with Crippen molar-refractivity contribution < 1.29 is 18.0 Å². The van der Waals surface area contributed by atoms with E-state index in [4.69, 9.17) is 23.2 Å². The summed E-state index contributed by atoms with van der Waals surface area (Å²) in [6.45, 7) is 3.88. The van der Waals surface area contributed by atoms with Gasteiger partial charge in [-0.1, -0.05) is 90.8 Å². The molecule has 0 heterocycles. The van der Waals surface area contributed by atoms with E-state index in [0.717, 1.165) is 33.7 Å². The molecule has 0 aliphatic carbocycles. The lowest BCUT2D eigenvalue weighted by molar-refractivity contribution is -0.140. The molecule has 10 heteroatoms. The average molecular weight is 591 g/mol. The number of amides is 2. The van der Waals surface area contributed by atoms with Gasteiger partial charge in [0.05, 0.1) is 22.0 Å². The zero-order valence-corrected chi connectivity index (χ0v) is 24.6. The Balaban J connectivity index is 2.08. The van der Waals surface area contributed by atoms with Crippen LogP contribution in [-0.4, -0.2) is 50.5 Å². The van der Waals surface area contributed by atoms with Crippen molar-refractivity contribution in [2.24, 2.45) is 0 Å². The topological polar surface area (TPSA) is 86.8 Å². The standard InChI is InChI=1S/C29H33Cl2N3O4S/c1-4-17-32-29(36)26(18-22-12-6-5-7-13-22)33(19-23-14-9-8-11-21(23)2)27(35)20-34(39(3,37)38)25-16-10-15-24(30)28(25)31/h5-16,26H,4,17-20H2,1-3H3,(H,32,36)/t26-/m1/s1. The van der Waals surface area contributed by atoms with Crippen LogP contribution in [0.5, 0.6) is 0 Å². The summed E-state index contributed by atoms with van der Waals surface area (Å²) in [5.74, 6) is -0.860. The van der Waals surface area contributed by atoms with Crippen molar-refractivity contribution in [3.8, 4) is 0 Å². The molecule has 3 aromatic rings. The largest absolute Gasteiger partial charge is 0.354 e. The van der Waals surface area contributed by atoms with E-state index in [-0.39, 0.29) is 34.6 Å². The SMILES string of the molecule is CCCNC(=O)[C@@H](Cc1ccccc1)N(Cc1ccccc1C)C(=O)CN(c1cccc(Cl)c1Cl)S(C)(=O)=O. The second-order valence-corrected chi connectivity index (χ2v) is 12.0. The van der Waals surface area contributed by atoms with E-state index in [9.17, 15) is 18.0 Å². The molecule has 0 bridgehead atoms. The summed E-state index contributed by atoms with van der Waals surface area (Å²) in [7, 11) is -3.94. The van der Waals surface area contributed by atoms with E-state index >= 15 is 0 Å². The summed E-state index contributed by atoms with van der Waals surface area (Å²) in [6.07, 6.45) is 1.98. The van der Waals surface area contributed by atoms with E-state index in [2.05, 4.69) is 5.32 Å². The number of rotatable bonds is 12. The lowest BCUT2D eigenvalue weighted by atomic mass is 10.0. The molecule has 0 aliphatic heterocycles. The highest BCUT2D eigenvalue weighted by Crippen LogP contribution is 2.34. The first-order valence-corrected chi connectivity index (χ1v) is 15.2. The fourth-order valence-electron chi connectivity index (χ4n) is 4.17. The predicted molar refractivity (Wildman–Crippen MR) is 158 cm³/mol. The quantitative estimate of drug-likeness (QED) is 0.313. The highest BCUT2D eigenvalue weighted by Gasteiger charge is 2.33. The molecule has 2 amide bonds. The third-order valence-corrected chi connectivity index (χ3v) is 8.24. The molecule has 3 aromatic carbocycles. The fourth-order valence-corrected chi connectivity index (χ4v) is 5.47. The van der Waals surface area contributed by atoms with Crippen molar-refractivity contribution >= 4 is 50.7 Å². The van der Waals surface area contributed by atoms with Crippen LogP contribution in [0.4, 0.5) is 5.69 Å². The molecule has 0 aliphatic rings. The minimum Gasteiger partial charge on any atom is -0.354 e. The van der Waals surface area contributed by atoms with Crippen LogP contribution >= 0.6 is 23.2 Å². The normalized spacial score (nSPS) is 12.0. The van der Waals surface area contributed by atoms with Crippen LogP contribution in [0.2, 0.25) is 10.0 Å². The molecule has 7 nitrogen and oxygen atoms in total. The van der Waals surface area contributed by atoms with Crippen molar-refractivity contribution in [2.75, 3.05) is 23.7 Å². The Morgan fingerprint density at radius 3 is 2.26 bits per heavy atom. The number of hydrogen-bond acceptors (Lipinski definition) is 4. The van der Waals surface area contributed by atoms with Gasteiger partial charge in [0.2, 0.25) is 21.8 Å². The number of halogens is 2. The van der Waals surface area contributed by atoms with Crippen LogP contribution in [0.25, 0.3) is 0 Å². The Hall–Kier alpha value is -3.07. The lowest BCUT2D eigenvalue weighted by Gasteiger charge is -2.34. The smallest absolute Gasteiger partial charge is 0.244 e. The third-order valence-electron chi connectivity index (χ3n) is 6.30. The minimum absolute atomic E-state index is 0.0179. The maximum Gasteiger partial charge on any atom is 0.244 e. The predicted octanol–water partition coefficient (Wildman–Crippen LogP) is 5.23. The number of benzene rings is 3. The molecule has 0 spiro atoms. The molecule has 0 fully saturated rings. The van der Waals surface area contributed by atoms with Crippen LogP contribution < -0.4 is 9.62 Å². The Bertz CT molecular complexity index is 1400. The Kier molecular flexibility index (Phi) is 10.8. The Morgan fingerprint density at radius 1 is 0.949 bits per heavy atom. The molecule has 1 atom stereocenters. The van der Waals surface area contributed by atoms with Gasteiger partial charge in [-0.25, -0.2) is 8.42 Å². The monoisotopic (exact) mass is 589 g/mol. The van der Waals surface area contributed by atoms with Crippen LogP contribution in [0, 0.1) is 6.92 Å². The fraction of sp³-hybridized carbons (Fsp3) is 0.310. The molecule has 39 heavy (non-hydrogen) atoms. The maximum atomic E-state index is 14.1. The number of sulfonamides is 1. The van der Waals surface area contributed by atoms with E-state index in [1.807, 2.05) is 68.4 Å². The van der Waals surface area contributed by atoms with Gasteiger partial charge < -0.3 is 10.2 Å². The molecular weight excluding hydrogens is 557 g/mol. The Labute approximate surface area is 240 Å². The molecular formula is C29H33Cl2N3O4S. The van der Waals surface area contributed by atoms with E-state index in [1.165, 1.54) is 17.0 Å². The number of aryl methyl sites for hydroxylation is 1. The Morgan fingerprint density at radius 2 is 1.62 bits per heavy atom. The van der Waals surface area contributed by atoms with Crippen molar-refractivity contribution in [2.45, 2.75) is 39.3 Å². The molecule has 0 unspecified atom stereocenters. The van der Waals surface area contributed by atoms with Gasteiger partial charge >= 0.3 is 0 Å². The number of nitrogens with one attached hydrogen (secondary N) is 1. The molecule has 3 rings (SSSR count). The van der Waals surface area contributed by atoms with Crippen molar-refractivity contribution in [3.05, 3.63) is 99.5 Å². The first-order valence-electron chi connectivity index (χ1n) is 12.6. The number of hydrogen-bond donors (Lipinski definition) is 1. The highest BCUT2D eigenvalue weighted by atomic mass is 35.5. The summed E-state index contributed by atoms with van der Waals surface area (Å²) >= 11 is 12.5. The molecule has 208 valence electrons. The summed E-state index contributed by atoms with van der Waals surface area (Å²) in [5, 5.41) is 3.10. The minimum atomic E-state index is -3.94. The van der Waals surface area contributed by atoms with Crippen molar-refractivity contribution in [1.82, 2.24) is 10.2 Å². The van der Waals surface area contributed by atoms with Crippen LogP contribution in [0.1, 0.15) is 30.0 Å². The maximum absolute atomic E-state index is 14.1. The molecule has 0 radical (unpaired) electrons. The van der Waals surface area contributed by atoms with Crippen LogP contribution in [0.15, 0.2) is 72.8 Å². The second-order valence-electron chi connectivity index (χ2n) is 9.29. The van der Waals surface area contributed by atoms with Crippen LogP contribution in [0.3, 0.4) is 0 Å². The summed E-state index contributed by atoms with van der Waals surface area (Å²) in [4.78, 5) is 29.0. The summed E-state index contributed by atoms with van der Waals surface area (Å²) in [6, 6.07) is 20.7. The second kappa shape index (κ2) is 13.8. The van der Waals surface area contributed by atoms with E-state index in [0.29, 0.717) is 6.54 Å². The number of carbonyl (C=O) groups excluding carboxylic acids is 2. The third kappa shape index (κ3) is 8.21. The molecule has 0 aromatic heterocycles. The first-order chi connectivity index (χ1) is 18.5. The summed E-state index contributed by atoms with van der Waals surface area (Å²) in [5.41, 5.74) is 2.75. The van der Waals surface area contributed by atoms with Gasteiger partial charge in [-0.3, -0.25) is 13.9 Å². The van der Waals surface area contributed by atoms with Gasteiger partial charge in [0.15, 0.2) is 0 Å². The molecule has 1 N–H and O–H groups in total. The van der Waals surface area contributed by atoms with Gasteiger partial charge in [-0.05, 0) is 42.2 Å². The van der Waals surface area contributed by atoms with Gasteiger partial charge in [-0.15, -0.1) is 0 Å². The summed E-state index contributed by atoms with van der Waals surface area (Å²) < 4.78 is 26.7. The van der Waals surface area contributed by atoms with Crippen LogP contribution in [-0.2, 0) is 32.6 Å². The molecule has 0 saturated heterocycles. The van der Waals surface area contributed by atoms with Gasteiger partial charge in [0, 0.05) is 19.5 Å². The number of nitrogens with zero attached hydrogens (tertiary/aromatic N) is 2. The zero-order valence-electron chi connectivity index (χ0n) is 22.2. The van der Waals surface area contributed by atoms with E-state index < -0.39 is 28.5 Å². The van der Waals surface area contributed by atoms with Crippen molar-refractivity contribution in [3.63, 3.8) is 0 Å². The van der Waals surface area contributed by atoms with Gasteiger partial charge in [0.1, 0.15) is 12.6 Å². The first kappa shape index (κ1) is 30.5. The number of carbonyl (C=O) groups is 2. The van der Waals surface area contributed by atoms with Gasteiger partial charge in [0.25, 0.3) is 0 Å².